The third-order valence-electron chi connectivity index (χ3n) is 3.36. The minimum atomic E-state index is -0.558. The van der Waals surface area contributed by atoms with Crippen LogP contribution in [0.1, 0.15) is 6.92 Å². The molecule has 1 heterocycles. The second-order valence-electron chi connectivity index (χ2n) is 4.96. The molecule has 110 valence electrons. The van der Waals surface area contributed by atoms with E-state index in [0.29, 0.717) is 15.8 Å². The standard InChI is InChI=1S/C14H18Cl2N2O2/c1-10(14(19)18-7-5-17(2)6-8-18)20-13-4-3-11(15)9-12(13)16/h3-4,9-10H,5-8H2,1-2H3. The van der Waals surface area contributed by atoms with Gasteiger partial charge in [-0.1, -0.05) is 23.2 Å². The van der Waals surface area contributed by atoms with Crippen LogP contribution >= 0.6 is 23.2 Å². The number of carbonyl (C=O) groups excluding carboxylic acids is 1. The zero-order chi connectivity index (χ0) is 14.7. The molecule has 1 aromatic carbocycles. The molecule has 0 saturated carbocycles. The number of nitrogens with zero attached hydrogens (tertiary/aromatic N) is 2. The van der Waals surface area contributed by atoms with Crippen LogP contribution in [0.4, 0.5) is 0 Å². The molecule has 1 amide bonds. The van der Waals surface area contributed by atoms with Gasteiger partial charge in [0.1, 0.15) is 5.75 Å². The number of amides is 1. The summed E-state index contributed by atoms with van der Waals surface area (Å²) >= 11 is 11.9. The van der Waals surface area contributed by atoms with Crippen molar-refractivity contribution in [2.24, 2.45) is 0 Å². The molecule has 0 spiro atoms. The Balaban J connectivity index is 1.97. The molecular formula is C14H18Cl2N2O2. The van der Waals surface area contributed by atoms with Gasteiger partial charge in [-0.25, -0.2) is 0 Å². The fraction of sp³-hybridized carbons (Fsp3) is 0.500. The fourth-order valence-corrected chi connectivity index (χ4v) is 2.55. The summed E-state index contributed by atoms with van der Waals surface area (Å²) in [6, 6.07) is 4.97. The van der Waals surface area contributed by atoms with Crippen molar-refractivity contribution >= 4 is 29.1 Å². The lowest BCUT2D eigenvalue weighted by molar-refractivity contribution is -0.139. The van der Waals surface area contributed by atoms with Crippen molar-refractivity contribution in [3.05, 3.63) is 28.2 Å². The fourth-order valence-electron chi connectivity index (χ4n) is 2.10. The van der Waals surface area contributed by atoms with Gasteiger partial charge in [0.05, 0.1) is 5.02 Å². The lowest BCUT2D eigenvalue weighted by atomic mass is 10.2. The molecule has 6 heteroatoms. The van der Waals surface area contributed by atoms with Gasteiger partial charge >= 0.3 is 0 Å². The van der Waals surface area contributed by atoms with Crippen molar-refractivity contribution in [1.82, 2.24) is 9.80 Å². The first-order chi connectivity index (χ1) is 9.47. The van der Waals surface area contributed by atoms with Crippen LogP contribution < -0.4 is 4.74 Å². The third kappa shape index (κ3) is 3.78. The molecule has 20 heavy (non-hydrogen) atoms. The summed E-state index contributed by atoms with van der Waals surface area (Å²) in [7, 11) is 2.05. The van der Waals surface area contributed by atoms with Crippen LogP contribution in [0.2, 0.25) is 10.0 Å². The zero-order valence-corrected chi connectivity index (χ0v) is 13.1. The highest BCUT2D eigenvalue weighted by Gasteiger charge is 2.25. The second-order valence-corrected chi connectivity index (χ2v) is 5.81. The first-order valence-electron chi connectivity index (χ1n) is 6.56. The molecule has 1 aliphatic rings. The first kappa shape index (κ1) is 15.4. The molecule has 4 nitrogen and oxygen atoms in total. The maximum Gasteiger partial charge on any atom is 0.263 e. The second kappa shape index (κ2) is 6.66. The van der Waals surface area contributed by atoms with E-state index in [4.69, 9.17) is 27.9 Å². The van der Waals surface area contributed by atoms with Gasteiger partial charge in [-0.3, -0.25) is 4.79 Å². The minimum Gasteiger partial charge on any atom is -0.479 e. The number of rotatable bonds is 3. The molecular weight excluding hydrogens is 299 g/mol. The van der Waals surface area contributed by atoms with Crippen LogP contribution in [0, 0.1) is 0 Å². The van der Waals surface area contributed by atoms with Crippen molar-refractivity contribution in [1.29, 1.82) is 0 Å². The average molecular weight is 317 g/mol. The van der Waals surface area contributed by atoms with Crippen LogP contribution in [-0.2, 0) is 4.79 Å². The summed E-state index contributed by atoms with van der Waals surface area (Å²) < 4.78 is 5.65. The molecule has 1 aromatic rings. The highest BCUT2D eigenvalue weighted by atomic mass is 35.5. The quantitative estimate of drug-likeness (QED) is 0.859. The molecule has 2 rings (SSSR count). The van der Waals surface area contributed by atoms with Gasteiger partial charge in [-0.05, 0) is 32.2 Å². The maximum atomic E-state index is 12.3. The normalized spacial score (nSPS) is 17.9. The summed E-state index contributed by atoms with van der Waals surface area (Å²) in [5.41, 5.74) is 0. The summed E-state index contributed by atoms with van der Waals surface area (Å²) in [4.78, 5) is 16.3. The van der Waals surface area contributed by atoms with Crippen LogP contribution in [0.5, 0.6) is 5.75 Å². The third-order valence-corrected chi connectivity index (χ3v) is 3.89. The Morgan fingerprint density at radius 1 is 1.25 bits per heavy atom. The van der Waals surface area contributed by atoms with Crippen LogP contribution in [0.25, 0.3) is 0 Å². The SMILES string of the molecule is CC(Oc1ccc(Cl)cc1Cl)C(=O)N1CCN(C)CC1. The molecule has 0 radical (unpaired) electrons. The van der Waals surface area contributed by atoms with Gasteiger partial charge in [-0.15, -0.1) is 0 Å². The van der Waals surface area contributed by atoms with E-state index in [1.54, 1.807) is 25.1 Å². The monoisotopic (exact) mass is 316 g/mol. The largest absolute Gasteiger partial charge is 0.479 e. The van der Waals surface area contributed by atoms with E-state index < -0.39 is 6.10 Å². The first-order valence-corrected chi connectivity index (χ1v) is 7.32. The molecule has 0 aromatic heterocycles. The number of piperazine rings is 1. The van der Waals surface area contributed by atoms with Gasteiger partial charge in [0.2, 0.25) is 0 Å². The zero-order valence-electron chi connectivity index (χ0n) is 11.6. The lowest BCUT2D eigenvalue weighted by Crippen LogP contribution is -2.50. The molecule has 1 saturated heterocycles. The Morgan fingerprint density at radius 3 is 2.50 bits per heavy atom. The van der Waals surface area contributed by atoms with E-state index in [1.165, 1.54) is 0 Å². The Kier molecular flexibility index (Phi) is 5.13. The van der Waals surface area contributed by atoms with E-state index in [-0.39, 0.29) is 5.91 Å². The van der Waals surface area contributed by atoms with E-state index >= 15 is 0 Å². The van der Waals surface area contributed by atoms with Crippen molar-refractivity contribution in [2.45, 2.75) is 13.0 Å². The molecule has 0 aliphatic carbocycles. The van der Waals surface area contributed by atoms with Crippen molar-refractivity contribution in [3.63, 3.8) is 0 Å². The maximum absolute atomic E-state index is 12.3. The summed E-state index contributed by atoms with van der Waals surface area (Å²) in [6.45, 7) is 4.99. The van der Waals surface area contributed by atoms with Gasteiger partial charge in [-0.2, -0.15) is 0 Å². The summed E-state index contributed by atoms with van der Waals surface area (Å²) in [5.74, 6) is 0.468. The van der Waals surface area contributed by atoms with Crippen molar-refractivity contribution in [3.8, 4) is 5.75 Å². The Bertz CT molecular complexity index is 488. The number of carbonyl (C=O) groups is 1. The Morgan fingerprint density at radius 2 is 1.90 bits per heavy atom. The van der Waals surface area contributed by atoms with Crippen LogP contribution in [-0.4, -0.2) is 55.0 Å². The predicted molar refractivity (Wildman–Crippen MR) is 80.6 cm³/mol. The number of likely N-dealkylation sites (N-methyl/N-ethyl adjacent to an activating group) is 1. The van der Waals surface area contributed by atoms with Gasteiger partial charge < -0.3 is 14.5 Å². The van der Waals surface area contributed by atoms with Gasteiger partial charge in [0, 0.05) is 31.2 Å². The number of hydrogen-bond acceptors (Lipinski definition) is 3. The van der Waals surface area contributed by atoms with Gasteiger partial charge in [0.15, 0.2) is 6.10 Å². The molecule has 0 N–H and O–H groups in total. The lowest BCUT2D eigenvalue weighted by Gasteiger charge is -2.33. The average Bonchev–Trinajstić information content (AvgIpc) is 2.42. The highest BCUT2D eigenvalue weighted by Crippen LogP contribution is 2.28. The van der Waals surface area contributed by atoms with E-state index in [2.05, 4.69) is 11.9 Å². The molecule has 1 aliphatic heterocycles. The summed E-state index contributed by atoms with van der Waals surface area (Å²) in [6.07, 6.45) is -0.558. The number of ether oxygens (including phenoxy) is 1. The van der Waals surface area contributed by atoms with E-state index in [1.807, 2.05) is 4.90 Å². The smallest absolute Gasteiger partial charge is 0.263 e. The van der Waals surface area contributed by atoms with Crippen molar-refractivity contribution in [2.75, 3.05) is 33.2 Å². The van der Waals surface area contributed by atoms with Crippen LogP contribution in [0.15, 0.2) is 18.2 Å². The predicted octanol–water partition coefficient (Wildman–Crippen LogP) is 2.53. The Labute approximate surface area is 129 Å². The molecule has 1 atom stereocenters. The number of hydrogen-bond donors (Lipinski definition) is 0. The molecule has 1 fully saturated rings. The number of halogens is 2. The number of benzene rings is 1. The van der Waals surface area contributed by atoms with Crippen molar-refractivity contribution < 1.29 is 9.53 Å². The highest BCUT2D eigenvalue weighted by molar-refractivity contribution is 6.35. The van der Waals surface area contributed by atoms with E-state index in [0.717, 1.165) is 26.2 Å². The topological polar surface area (TPSA) is 32.8 Å². The van der Waals surface area contributed by atoms with E-state index in [9.17, 15) is 4.79 Å². The summed E-state index contributed by atoms with van der Waals surface area (Å²) in [5, 5.41) is 0.955. The Hall–Kier alpha value is -0.970. The molecule has 0 bridgehead atoms. The van der Waals surface area contributed by atoms with Gasteiger partial charge in [0.25, 0.3) is 5.91 Å². The molecule has 1 unspecified atom stereocenters. The van der Waals surface area contributed by atoms with Crippen LogP contribution in [0.3, 0.4) is 0 Å². The minimum absolute atomic E-state index is 0.0101.